The number of aliphatic imine (C=N–C) groups is 1. The minimum Gasteiger partial charge on any atom is -0.493 e. The lowest BCUT2D eigenvalue weighted by atomic mass is 10.1. The van der Waals surface area contributed by atoms with Gasteiger partial charge in [-0.25, -0.2) is 0 Å². The van der Waals surface area contributed by atoms with Crippen molar-refractivity contribution >= 4 is 11.5 Å². The zero-order valence-electron chi connectivity index (χ0n) is 13.9. The maximum Gasteiger partial charge on any atom is 0.315 e. The van der Waals surface area contributed by atoms with E-state index in [1.165, 1.54) is 13.2 Å². The summed E-state index contributed by atoms with van der Waals surface area (Å²) in [6.45, 7) is 4.03. The van der Waals surface area contributed by atoms with Crippen LogP contribution in [0.1, 0.15) is 31.7 Å². The van der Waals surface area contributed by atoms with Gasteiger partial charge in [-0.05, 0) is 12.5 Å². The van der Waals surface area contributed by atoms with Crippen LogP contribution in [0.3, 0.4) is 0 Å². The Morgan fingerprint density at radius 1 is 1.39 bits per heavy atom. The van der Waals surface area contributed by atoms with Gasteiger partial charge in [0, 0.05) is 25.2 Å². The van der Waals surface area contributed by atoms with Crippen molar-refractivity contribution in [1.82, 2.24) is 4.90 Å². The van der Waals surface area contributed by atoms with Gasteiger partial charge in [-0.2, -0.15) is 0 Å². The number of methoxy groups -OCH3 is 1. The summed E-state index contributed by atoms with van der Waals surface area (Å²) in [4.78, 5) is 17.4. The summed E-state index contributed by atoms with van der Waals surface area (Å²) >= 11 is 0. The lowest BCUT2D eigenvalue weighted by Crippen LogP contribution is -2.23. The Morgan fingerprint density at radius 3 is 2.74 bits per heavy atom. The first-order chi connectivity index (χ1) is 11.1. The molecule has 7 nitrogen and oxygen atoms in total. The van der Waals surface area contributed by atoms with Gasteiger partial charge in [-0.1, -0.05) is 19.8 Å². The van der Waals surface area contributed by atoms with Gasteiger partial charge in [-0.15, -0.1) is 0 Å². The van der Waals surface area contributed by atoms with Crippen molar-refractivity contribution in [2.24, 2.45) is 4.99 Å². The van der Waals surface area contributed by atoms with Crippen LogP contribution in [0.15, 0.2) is 17.1 Å². The molecule has 2 rings (SSSR count). The number of rotatable bonds is 8. The van der Waals surface area contributed by atoms with Crippen molar-refractivity contribution in [3.05, 3.63) is 27.8 Å². The van der Waals surface area contributed by atoms with Gasteiger partial charge in [0.2, 0.25) is 5.75 Å². The Labute approximate surface area is 136 Å². The van der Waals surface area contributed by atoms with Crippen molar-refractivity contribution in [1.29, 1.82) is 0 Å². The Kier molecular flexibility index (Phi) is 5.78. The Hall–Kier alpha value is -2.31. The van der Waals surface area contributed by atoms with Crippen LogP contribution in [0.5, 0.6) is 11.5 Å². The predicted octanol–water partition coefficient (Wildman–Crippen LogP) is 2.86. The second-order valence-corrected chi connectivity index (χ2v) is 5.47. The number of ether oxygens (including phenoxy) is 2. The highest BCUT2D eigenvalue weighted by Gasteiger charge is 2.25. The first kappa shape index (κ1) is 17.1. The molecule has 0 aromatic heterocycles. The van der Waals surface area contributed by atoms with Crippen LogP contribution in [-0.2, 0) is 0 Å². The predicted molar refractivity (Wildman–Crippen MR) is 88.7 cm³/mol. The van der Waals surface area contributed by atoms with Crippen molar-refractivity contribution in [3.8, 4) is 11.5 Å². The summed E-state index contributed by atoms with van der Waals surface area (Å²) in [5, 5.41) is 11.4. The number of hydrogen-bond donors (Lipinski definition) is 0. The summed E-state index contributed by atoms with van der Waals surface area (Å²) in [7, 11) is 3.40. The second-order valence-electron chi connectivity index (χ2n) is 5.47. The van der Waals surface area contributed by atoms with Crippen LogP contribution in [0, 0.1) is 10.1 Å². The van der Waals surface area contributed by atoms with Crippen LogP contribution in [0.2, 0.25) is 0 Å². The molecule has 1 aromatic rings. The number of hydrogen-bond acceptors (Lipinski definition) is 6. The molecular formula is C16H23N3O4. The fourth-order valence-corrected chi connectivity index (χ4v) is 2.52. The molecule has 0 aliphatic carbocycles. The van der Waals surface area contributed by atoms with Gasteiger partial charge >= 0.3 is 5.69 Å². The second kappa shape index (κ2) is 7.80. The van der Waals surface area contributed by atoms with Gasteiger partial charge in [0.25, 0.3) is 0 Å². The molecule has 0 saturated carbocycles. The number of nitro benzene ring substituents is 1. The Morgan fingerprint density at radius 2 is 2.17 bits per heavy atom. The third-order valence-corrected chi connectivity index (χ3v) is 3.76. The summed E-state index contributed by atoms with van der Waals surface area (Å²) in [6.07, 6.45) is 2.94. The highest BCUT2D eigenvalue weighted by atomic mass is 16.6. The van der Waals surface area contributed by atoms with Crippen molar-refractivity contribution in [2.75, 3.05) is 33.9 Å². The number of nitro groups is 1. The molecule has 0 unspecified atom stereocenters. The molecule has 126 valence electrons. The Bertz CT molecular complexity index is 601. The molecule has 1 aliphatic rings. The number of nitrogens with zero attached hydrogens (tertiary/aromatic N) is 3. The van der Waals surface area contributed by atoms with E-state index in [0.29, 0.717) is 24.5 Å². The molecule has 0 radical (unpaired) electrons. The van der Waals surface area contributed by atoms with Gasteiger partial charge in [-0.3, -0.25) is 15.1 Å². The normalized spacial score (nSPS) is 13.9. The van der Waals surface area contributed by atoms with Crippen LogP contribution in [-0.4, -0.2) is 49.5 Å². The maximum absolute atomic E-state index is 11.4. The molecular weight excluding hydrogens is 298 g/mol. The smallest absolute Gasteiger partial charge is 0.315 e. The van der Waals surface area contributed by atoms with Crippen LogP contribution in [0.25, 0.3) is 0 Å². The lowest BCUT2D eigenvalue weighted by Gasteiger charge is -2.16. The van der Waals surface area contributed by atoms with Gasteiger partial charge in [0.1, 0.15) is 5.84 Å². The Balaban J connectivity index is 2.35. The van der Waals surface area contributed by atoms with Crippen LogP contribution >= 0.6 is 0 Å². The van der Waals surface area contributed by atoms with E-state index >= 15 is 0 Å². The SMILES string of the molecule is CCCCCOc1c(OC)cc(C2=NCCN2C)cc1[N+](=O)[O-]. The van der Waals surface area contributed by atoms with E-state index in [2.05, 4.69) is 11.9 Å². The van der Waals surface area contributed by atoms with Crippen LogP contribution < -0.4 is 9.47 Å². The van der Waals surface area contributed by atoms with E-state index in [1.807, 2.05) is 11.9 Å². The highest BCUT2D eigenvalue weighted by Crippen LogP contribution is 2.39. The number of unbranched alkanes of at least 4 members (excludes halogenated alkanes) is 2. The lowest BCUT2D eigenvalue weighted by molar-refractivity contribution is -0.386. The molecule has 0 amide bonds. The topological polar surface area (TPSA) is 77.2 Å². The van der Waals surface area contributed by atoms with E-state index < -0.39 is 4.92 Å². The third-order valence-electron chi connectivity index (χ3n) is 3.76. The zero-order valence-corrected chi connectivity index (χ0v) is 13.9. The molecule has 1 aliphatic heterocycles. The van der Waals surface area contributed by atoms with Crippen molar-refractivity contribution in [3.63, 3.8) is 0 Å². The zero-order chi connectivity index (χ0) is 16.8. The average Bonchev–Trinajstić information content (AvgIpc) is 2.97. The van der Waals surface area contributed by atoms with Crippen molar-refractivity contribution in [2.45, 2.75) is 26.2 Å². The summed E-state index contributed by atoms with van der Waals surface area (Å²) in [6, 6.07) is 3.27. The molecule has 0 N–H and O–H groups in total. The summed E-state index contributed by atoms with van der Waals surface area (Å²) < 4.78 is 11.0. The summed E-state index contributed by atoms with van der Waals surface area (Å²) in [5.74, 6) is 1.30. The fourth-order valence-electron chi connectivity index (χ4n) is 2.52. The van der Waals surface area contributed by atoms with E-state index in [-0.39, 0.29) is 11.4 Å². The third kappa shape index (κ3) is 3.91. The van der Waals surface area contributed by atoms with Crippen molar-refractivity contribution < 1.29 is 14.4 Å². The minimum absolute atomic E-state index is 0.0844. The van der Waals surface area contributed by atoms with E-state index in [9.17, 15) is 10.1 Å². The highest BCUT2D eigenvalue weighted by molar-refractivity contribution is 6.01. The molecule has 23 heavy (non-hydrogen) atoms. The van der Waals surface area contributed by atoms with E-state index in [1.54, 1.807) is 6.07 Å². The average molecular weight is 321 g/mol. The van der Waals surface area contributed by atoms with Crippen LogP contribution in [0.4, 0.5) is 5.69 Å². The monoisotopic (exact) mass is 321 g/mol. The fraction of sp³-hybridized carbons (Fsp3) is 0.562. The molecule has 0 fully saturated rings. The summed E-state index contributed by atoms with van der Waals surface area (Å²) in [5.41, 5.74) is 0.591. The molecule has 7 heteroatoms. The van der Waals surface area contributed by atoms with Gasteiger partial charge < -0.3 is 14.4 Å². The first-order valence-corrected chi connectivity index (χ1v) is 7.83. The molecule has 1 heterocycles. The minimum atomic E-state index is -0.434. The standard InChI is InChI=1S/C16H23N3O4/c1-4-5-6-9-23-15-13(19(20)21)10-12(11-14(15)22-3)16-17-7-8-18(16)2/h10-11H,4-9H2,1-3H3. The molecule has 0 spiro atoms. The number of amidine groups is 1. The largest absolute Gasteiger partial charge is 0.493 e. The number of likely N-dealkylation sites (N-methyl/N-ethyl adjacent to an activating group) is 1. The first-order valence-electron chi connectivity index (χ1n) is 7.83. The van der Waals surface area contributed by atoms with Gasteiger partial charge in [0.05, 0.1) is 25.2 Å². The molecule has 0 atom stereocenters. The molecule has 0 bridgehead atoms. The number of benzene rings is 1. The van der Waals surface area contributed by atoms with Gasteiger partial charge in [0.15, 0.2) is 5.75 Å². The quantitative estimate of drug-likeness (QED) is 0.418. The molecule has 0 saturated heterocycles. The van der Waals surface area contributed by atoms with E-state index in [0.717, 1.165) is 31.6 Å². The maximum atomic E-state index is 11.4. The molecule has 1 aromatic carbocycles. The van der Waals surface area contributed by atoms with E-state index in [4.69, 9.17) is 9.47 Å².